The summed E-state index contributed by atoms with van der Waals surface area (Å²) >= 11 is 0. The summed E-state index contributed by atoms with van der Waals surface area (Å²) in [6.45, 7) is 3.44. The Bertz CT molecular complexity index is 1020. The molecule has 0 aromatic heterocycles. The lowest BCUT2D eigenvalue weighted by Gasteiger charge is -2.14. The minimum Gasteiger partial charge on any atom is -0.449 e. The Hall–Kier alpha value is -2.71. The van der Waals surface area contributed by atoms with Gasteiger partial charge in [0.1, 0.15) is 0 Å². The predicted octanol–water partition coefficient (Wildman–Crippen LogP) is 2.66. The standard InChI is InChI=1S/C21H24N2O5S/c1-3-22-29(26,27)19-11-8-16(9-12-19)21(25)28-14(2)20(24)23-18-10-7-15-5-4-6-17(15)13-18/h7-14,22H,3-6H2,1-2H3,(H,23,24)/t14-/m1/s1. The number of benzene rings is 2. The second-order valence-corrected chi connectivity index (χ2v) is 8.67. The fourth-order valence-corrected chi connectivity index (χ4v) is 4.26. The van der Waals surface area contributed by atoms with Gasteiger partial charge >= 0.3 is 5.97 Å². The quantitative estimate of drug-likeness (QED) is 0.676. The Morgan fingerprint density at radius 2 is 1.76 bits per heavy atom. The highest BCUT2D eigenvalue weighted by atomic mass is 32.2. The SMILES string of the molecule is CCNS(=O)(=O)c1ccc(C(=O)O[C@H](C)C(=O)Nc2ccc3c(c2)CCC3)cc1. The van der Waals surface area contributed by atoms with Crippen LogP contribution in [0.15, 0.2) is 47.4 Å². The normalized spacial score (nSPS) is 14.1. The van der Waals surface area contributed by atoms with E-state index < -0.39 is 28.0 Å². The van der Waals surface area contributed by atoms with Gasteiger partial charge < -0.3 is 10.1 Å². The lowest BCUT2D eigenvalue weighted by atomic mass is 10.1. The van der Waals surface area contributed by atoms with E-state index in [1.165, 1.54) is 42.3 Å². The number of amides is 1. The maximum Gasteiger partial charge on any atom is 0.338 e. The van der Waals surface area contributed by atoms with Gasteiger partial charge in [0.15, 0.2) is 6.10 Å². The van der Waals surface area contributed by atoms with Gasteiger partial charge in [0.25, 0.3) is 5.91 Å². The Morgan fingerprint density at radius 3 is 2.45 bits per heavy atom. The molecule has 0 radical (unpaired) electrons. The van der Waals surface area contributed by atoms with Crippen LogP contribution in [0.25, 0.3) is 0 Å². The molecule has 154 valence electrons. The molecule has 7 nitrogen and oxygen atoms in total. The number of hydrogen-bond donors (Lipinski definition) is 2. The van der Waals surface area contributed by atoms with E-state index in [1.807, 2.05) is 18.2 Å². The van der Waals surface area contributed by atoms with Crippen LogP contribution in [0.4, 0.5) is 5.69 Å². The molecule has 0 heterocycles. The summed E-state index contributed by atoms with van der Waals surface area (Å²) in [5.41, 5.74) is 3.39. The van der Waals surface area contributed by atoms with Crippen molar-refractivity contribution >= 4 is 27.6 Å². The van der Waals surface area contributed by atoms with Crippen LogP contribution in [0.3, 0.4) is 0 Å². The van der Waals surface area contributed by atoms with Crippen molar-refractivity contribution in [3.05, 3.63) is 59.2 Å². The van der Waals surface area contributed by atoms with E-state index in [9.17, 15) is 18.0 Å². The van der Waals surface area contributed by atoms with E-state index in [0.29, 0.717) is 5.69 Å². The molecule has 0 saturated carbocycles. The maximum absolute atomic E-state index is 12.4. The Labute approximate surface area is 170 Å². The van der Waals surface area contributed by atoms with Crippen molar-refractivity contribution in [3.8, 4) is 0 Å². The summed E-state index contributed by atoms with van der Waals surface area (Å²) < 4.78 is 31.5. The molecule has 3 rings (SSSR count). The van der Waals surface area contributed by atoms with Crippen molar-refractivity contribution < 1.29 is 22.7 Å². The third kappa shape index (κ3) is 5.02. The van der Waals surface area contributed by atoms with Crippen LogP contribution >= 0.6 is 0 Å². The minimum atomic E-state index is -3.59. The number of esters is 1. The molecule has 2 aromatic rings. The van der Waals surface area contributed by atoms with Gasteiger partial charge in [-0.1, -0.05) is 13.0 Å². The van der Waals surface area contributed by atoms with Crippen molar-refractivity contribution in [2.24, 2.45) is 0 Å². The molecule has 0 fully saturated rings. The molecule has 1 atom stereocenters. The zero-order valence-electron chi connectivity index (χ0n) is 16.4. The van der Waals surface area contributed by atoms with Crippen molar-refractivity contribution in [2.45, 2.75) is 44.1 Å². The number of sulfonamides is 1. The van der Waals surface area contributed by atoms with Gasteiger partial charge in [-0.2, -0.15) is 0 Å². The number of nitrogens with one attached hydrogen (secondary N) is 2. The van der Waals surface area contributed by atoms with E-state index >= 15 is 0 Å². The summed E-state index contributed by atoms with van der Waals surface area (Å²) in [5, 5.41) is 2.77. The lowest BCUT2D eigenvalue weighted by molar-refractivity contribution is -0.123. The van der Waals surface area contributed by atoms with E-state index in [4.69, 9.17) is 4.74 Å². The van der Waals surface area contributed by atoms with E-state index in [2.05, 4.69) is 10.0 Å². The average Bonchev–Trinajstić information content (AvgIpc) is 3.15. The molecule has 1 amide bonds. The zero-order chi connectivity index (χ0) is 21.0. The number of fused-ring (bicyclic) bond motifs is 1. The maximum atomic E-state index is 12.4. The summed E-state index contributed by atoms with van der Waals surface area (Å²) in [7, 11) is -3.59. The number of aryl methyl sites for hydroxylation is 2. The highest BCUT2D eigenvalue weighted by Gasteiger charge is 2.21. The monoisotopic (exact) mass is 416 g/mol. The Kier molecular flexibility index (Phi) is 6.34. The molecule has 0 saturated heterocycles. The molecule has 29 heavy (non-hydrogen) atoms. The highest BCUT2D eigenvalue weighted by Crippen LogP contribution is 2.25. The summed E-state index contributed by atoms with van der Waals surface area (Å²) in [4.78, 5) is 24.7. The molecular formula is C21H24N2O5S. The van der Waals surface area contributed by atoms with Crippen molar-refractivity contribution in [1.82, 2.24) is 4.72 Å². The molecule has 2 aromatic carbocycles. The van der Waals surface area contributed by atoms with Crippen LogP contribution in [0.1, 0.15) is 41.8 Å². The summed E-state index contributed by atoms with van der Waals surface area (Å²) in [5.74, 6) is -1.13. The number of ether oxygens (including phenoxy) is 1. The van der Waals surface area contributed by atoms with E-state index in [1.54, 1.807) is 6.92 Å². The summed E-state index contributed by atoms with van der Waals surface area (Å²) in [6.07, 6.45) is 2.19. The molecule has 0 aliphatic heterocycles. The highest BCUT2D eigenvalue weighted by molar-refractivity contribution is 7.89. The van der Waals surface area contributed by atoms with Gasteiger partial charge in [0, 0.05) is 12.2 Å². The third-order valence-electron chi connectivity index (χ3n) is 4.75. The first-order valence-electron chi connectivity index (χ1n) is 9.53. The zero-order valence-corrected chi connectivity index (χ0v) is 17.2. The fraction of sp³-hybridized carbons (Fsp3) is 0.333. The van der Waals surface area contributed by atoms with Crippen LogP contribution in [-0.2, 0) is 32.4 Å². The number of hydrogen-bond acceptors (Lipinski definition) is 5. The first kappa shape index (κ1) is 21.0. The van der Waals surface area contributed by atoms with Crippen molar-refractivity contribution in [2.75, 3.05) is 11.9 Å². The van der Waals surface area contributed by atoms with Gasteiger partial charge in [0.05, 0.1) is 10.5 Å². The molecule has 8 heteroatoms. The molecule has 0 spiro atoms. The molecule has 1 aliphatic carbocycles. The van der Waals surface area contributed by atoms with Gasteiger partial charge in [0.2, 0.25) is 10.0 Å². The second-order valence-electron chi connectivity index (χ2n) is 6.90. The second kappa shape index (κ2) is 8.75. The van der Waals surface area contributed by atoms with E-state index in [0.717, 1.165) is 19.3 Å². The molecule has 0 bridgehead atoms. The van der Waals surface area contributed by atoms with Crippen LogP contribution in [-0.4, -0.2) is 32.9 Å². The van der Waals surface area contributed by atoms with Crippen LogP contribution in [0.2, 0.25) is 0 Å². The average molecular weight is 416 g/mol. The first-order chi connectivity index (χ1) is 13.8. The van der Waals surface area contributed by atoms with Crippen LogP contribution in [0, 0.1) is 0 Å². The molecular weight excluding hydrogens is 392 g/mol. The number of anilines is 1. The summed E-state index contributed by atoms with van der Waals surface area (Å²) in [6, 6.07) is 11.2. The topological polar surface area (TPSA) is 102 Å². The van der Waals surface area contributed by atoms with Gasteiger partial charge in [-0.25, -0.2) is 17.9 Å². The van der Waals surface area contributed by atoms with Crippen molar-refractivity contribution in [1.29, 1.82) is 0 Å². The predicted molar refractivity (Wildman–Crippen MR) is 109 cm³/mol. The Balaban J connectivity index is 1.60. The van der Waals surface area contributed by atoms with Gasteiger partial charge in [-0.05, 0) is 73.7 Å². The third-order valence-corrected chi connectivity index (χ3v) is 6.32. The van der Waals surface area contributed by atoms with Crippen molar-refractivity contribution in [3.63, 3.8) is 0 Å². The largest absolute Gasteiger partial charge is 0.449 e. The Morgan fingerprint density at radius 1 is 1.07 bits per heavy atom. The molecule has 0 unspecified atom stereocenters. The van der Waals surface area contributed by atoms with Gasteiger partial charge in [-0.3, -0.25) is 4.79 Å². The van der Waals surface area contributed by atoms with Gasteiger partial charge in [-0.15, -0.1) is 0 Å². The lowest BCUT2D eigenvalue weighted by Crippen LogP contribution is -2.30. The smallest absolute Gasteiger partial charge is 0.338 e. The van der Waals surface area contributed by atoms with Crippen LogP contribution < -0.4 is 10.0 Å². The van der Waals surface area contributed by atoms with Crippen LogP contribution in [0.5, 0.6) is 0 Å². The van der Waals surface area contributed by atoms with E-state index in [-0.39, 0.29) is 17.0 Å². The first-order valence-corrected chi connectivity index (χ1v) is 11.0. The minimum absolute atomic E-state index is 0.0540. The number of carbonyl (C=O) groups is 2. The molecule has 1 aliphatic rings. The number of rotatable bonds is 7. The molecule has 2 N–H and O–H groups in total. The number of carbonyl (C=O) groups excluding carboxylic acids is 2. The fourth-order valence-electron chi connectivity index (χ4n) is 3.22.